The van der Waals surface area contributed by atoms with E-state index in [2.05, 4.69) is 22.0 Å². The van der Waals surface area contributed by atoms with Crippen LogP contribution < -0.4 is 20.9 Å². The largest absolute Gasteiger partial charge is 0.362 e. The number of carbonyl (C=O) groups excluding carboxylic acids is 1. The van der Waals surface area contributed by atoms with E-state index in [-0.39, 0.29) is 12.1 Å². The van der Waals surface area contributed by atoms with Crippen molar-refractivity contribution in [2.45, 2.75) is 69.5 Å². The van der Waals surface area contributed by atoms with Crippen LogP contribution in [0, 0.1) is 0 Å². The Morgan fingerprint density at radius 3 is 2.21 bits per heavy atom. The van der Waals surface area contributed by atoms with Crippen LogP contribution in [0.15, 0.2) is 24.3 Å². The van der Waals surface area contributed by atoms with Crippen molar-refractivity contribution in [1.29, 1.82) is 0 Å². The van der Waals surface area contributed by atoms with Gasteiger partial charge in [0.1, 0.15) is 5.82 Å². The van der Waals surface area contributed by atoms with Gasteiger partial charge in [-0.15, -0.1) is 0 Å². The summed E-state index contributed by atoms with van der Waals surface area (Å²) in [6.45, 7) is 0. The molecule has 4 rings (SSSR count). The SMILES string of the molecule is CN(C)c1nc(NC2CCC(NC(=O)NC3CCCC3)CC2)nc2ccccc12. The minimum Gasteiger partial charge on any atom is -0.362 e. The van der Waals surface area contributed by atoms with Crippen molar-refractivity contribution >= 4 is 28.7 Å². The Balaban J connectivity index is 1.32. The molecule has 2 aromatic rings. The van der Waals surface area contributed by atoms with Crippen LogP contribution >= 0.6 is 0 Å². The number of benzene rings is 1. The number of amides is 2. The van der Waals surface area contributed by atoms with E-state index in [0.717, 1.165) is 55.2 Å². The third kappa shape index (κ3) is 4.89. The number of urea groups is 1. The molecule has 2 amide bonds. The summed E-state index contributed by atoms with van der Waals surface area (Å²) in [5.74, 6) is 1.61. The van der Waals surface area contributed by atoms with Gasteiger partial charge in [-0.05, 0) is 50.7 Å². The highest BCUT2D eigenvalue weighted by Gasteiger charge is 2.24. The molecule has 2 fully saturated rings. The Hall–Kier alpha value is -2.57. The summed E-state index contributed by atoms with van der Waals surface area (Å²) >= 11 is 0. The number of nitrogens with one attached hydrogen (secondary N) is 3. The predicted molar refractivity (Wildman–Crippen MR) is 117 cm³/mol. The molecule has 7 nitrogen and oxygen atoms in total. The van der Waals surface area contributed by atoms with Gasteiger partial charge in [0, 0.05) is 37.6 Å². The van der Waals surface area contributed by atoms with Gasteiger partial charge in [-0.1, -0.05) is 25.0 Å². The molecule has 1 aromatic heterocycles. The van der Waals surface area contributed by atoms with Crippen molar-refractivity contribution in [3.05, 3.63) is 24.3 Å². The summed E-state index contributed by atoms with van der Waals surface area (Å²) in [5.41, 5.74) is 0.952. The summed E-state index contributed by atoms with van der Waals surface area (Å²) in [7, 11) is 4.01. The lowest BCUT2D eigenvalue weighted by atomic mass is 9.91. The third-order valence-electron chi connectivity index (χ3n) is 6.09. The normalized spacial score (nSPS) is 22.4. The van der Waals surface area contributed by atoms with Crippen LogP contribution in [0.5, 0.6) is 0 Å². The van der Waals surface area contributed by atoms with Crippen LogP contribution in [0.3, 0.4) is 0 Å². The Kier molecular flexibility index (Phi) is 6.02. The van der Waals surface area contributed by atoms with Crippen LogP contribution in [-0.2, 0) is 0 Å². The topological polar surface area (TPSA) is 82.2 Å². The van der Waals surface area contributed by atoms with Crippen molar-refractivity contribution in [3.63, 3.8) is 0 Å². The molecule has 0 radical (unpaired) electrons. The number of anilines is 2. The van der Waals surface area contributed by atoms with Crippen molar-refractivity contribution in [2.75, 3.05) is 24.3 Å². The highest BCUT2D eigenvalue weighted by molar-refractivity contribution is 5.90. The lowest BCUT2D eigenvalue weighted by Gasteiger charge is -2.30. The molecule has 3 N–H and O–H groups in total. The quantitative estimate of drug-likeness (QED) is 0.718. The van der Waals surface area contributed by atoms with Crippen LogP contribution in [0.1, 0.15) is 51.4 Å². The van der Waals surface area contributed by atoms with E-state index >= 15 is 0 Å². The molecule has 0 aliphatic heterocycles. The standard InChI is InChI=1S/C22H32N6O/c1-28(2)20-18-9-5-6-10-19(18)26-21(27-20)23-16-11-13-17(14-12-16)25-22(29)24-15-7-3-4-8-15/h5-6,9-10,15-17H,3-4,7-8,11-14H2,1-2H3,(H,23,26,27)(H2,24,25,29). The van der Waals surface area contributed by atoms with Gasteiger partial charge in [0.15, 0.2) is 0 Å². The van der Waals surface area contributed by atoms with Crippen LogP contribution in [-0.4, -0.2) is 48.2 Å². The summed E-state index contributed by atoms with van der Waals surface area (Å²) in [6.07, 6.45) is 8.65. The number of fused-ring (bicyclic) bond motifs is 1. The van der Waals surface area contributed by atoms with Gasteiger partial charge in [0.2, 0.25) is 5.95 Å². The second-order valence-corrected chi connectivity index (χ2v) is 8.57. The van der Waals surface area contributed by atoms with Crippen LogP contribution in [0.2, 0.25) is 0 Å². The fourth-order valence-electron chi connectivity index (χ4n) is 4.51. The van der Waals surface area contributed by atoms with E-state index in [4.69, 9.17) is 9.97 Å². The van der Waals surface area contributed by atoms with Crippen LogP contribution in [0.25, 0.3) is 10.9 Å². The molecule has 2 aliphatic carbocycles. The molecule has 0 bridgehead atoms. The minimum absolute atomic E-state index is 0.00166. The second kappa shape index (κ2) is 8.84. The smallest absolute Gasteiger partial charge is 0.315 e. The van der Waals surface area contributed by atoms with Gasteiger partial charge in [0.25, 0.3) is 0 Å². The Morgan fingerprint density at radius 1 is 0.897 bits per heavy atom. The molecule has 7 heteroatoms. The average molecular weight is 397 g/mol. The van der Waals surface area contributed by atoms with Gasteiger partial charge < -0.3 is 20.9 Å². The molecule has 0 unspecified atom stereocenters. The Morgan fingerprint density at radius 2 is 1.52 bits per heavy atom. The third-order valence-corrected chi connectivity index (χ3v) is 6.09. The Labute approximate surface area is 172 Å². The predicted octanol–water partition coefficient (Wildman–Crippen LogP) is 3.66. The monoisotopic (exact) mass is 396 g/mol. The first-order valence-corrected chi connectivity index (χ1v) is 10.9. The number of carbonyl (C=O) groups is 1. The maximum Gasteiger partial charge on any atom is 0.315 e. The first kappa shape index (κ1) is 19.7. The molecule has 2 aliphatic rings. The maximum atomic E-state index is 12.2. The van der Waals surface area contributed by atoms with E-state index in [9.17, 15) is 4.79 Å². The average Bonchev–Trinajstić information content (AvgIpc) is 3.21. The van der Waals surface area contributed by atoms with Gasteiger partial charge in [-0.2, -0.15) is 4.98 Å². The van der Waals surface area contributed by atoms with Gasteiger partial charge >= 0.3 is 6.03 Å². The second-order valence-electron chi connectivity index (χ2n) is 8.57. The van der Waals surface area contributed by atoms with Crippen molar-refractivity contribution in [2.24, 2.45) is 0 Å². The fourth-order valence-corrected chi connectivity index (χ4v) is 4.51. The number of hydrogen-bond acceptors (Lipinski definition) is 5. The molecular weight excluding hydrogens is 364 g/mol. The molecule has 0 saturated heterocycles. The number of aromatic nitrogens is 2. The summed E-state index contributed by atoms with van der Waals surface area (Å²) in [5, 5.41) is 10.9. The molecule has 1 aromatic carbocycles. The van der Waals surface area contributed by atoms with Crippen LogP contribution in [0.4, 0.5) is 16.6 Å². The molecule has 29 heavy (non-hydrogen) atoms. The summed E-state index contributed by atoms with van der Waals surface area (Å²) in [6, 6.07) is 9.06. The molecule has 156 valence electrons. The Bertz CT molecular complexity index is 840. The molecule has 0 atom stereocenters. The van der Waals surface area contributed by atoms with E-state index in [1.165, 1.54) is 12.8 Å². The van der Waals surface area contributed by atoms with E-state index in [1.54, 1.807) is 0 Å². The van der Waals surface area contributed by atoms with E-state index < -0.39 is 0 Å². The van der Waals surface area contributed by atoms with Gasteiger partial charge in [-0.25, -0.2) is 9.78 Å². The molecular formula is C22H32N6O. The zero-order chi connectivity index (χ0) is 20.2. The zero-order valence-corrected chi connectivity index (χ0v) is 17.4. The highest BCUT2D eigenvalue weighted by Crippen LogP contribution is 2.26. The van der Waals surface area contributed by atoms with E-state index in [1.807, 2.05) is 37.2 Å². The number of para-hydroxylation sites is 1. The lowest BCUT2D eigenvalue weighted by Crippen LogP contribution is -2.47. The maximum absolute atomic E-state index is 12.2. The fraction of sp³-hybridized carbons (Fsp3) is 0.591. The first-order chi connectivity index (χ1) is 14.1. The number of nitrogens with zero attached hydrogens (tertiary/aromatic N) is 3. The highest BCUT2D eigenvalue weighted by atomic mass is 16.2. The van der Waals surface area contributed by atoms with Crippen molar-refractivity contribution < 1.29 is 4.79 Å². The number of rotatable bonds is 5. The summed E-state index contributed by atoms with van der Waals surface area (Å²) < 4.78 is 0. The first-order valence-electron chi connectivity index (χ1n) is 10.9. The van der Waals surface area contributed by atoms with Gasteiger partial charge in [0.05, 0.1) is 5.52 Å². The van der Waals surface area contributed by atoms with E-state index in [0.29, 0.717) is 18.0 Å². The minimum atomic E-state index is 0.00166. The molecule has 0 spiro atoms. The lowest BCUT2D eigenvalue weighted by molar-refractivity contribution is 0.228. The molecule has 1 heterocycles. The zero-order valence-electron chi connectivity index (χ0n) is 17.4. The van der Waals surface area contributed by atoms with Crippen molar-refractivity contribution in [1.82, 2.24) is 20.6 Å². The number of hydrogen-bond donors (Lipinski definition) is 3. The van der Waals surface area contributed by atoms with Crippen molar-refractivity contribution in [3.8, 4) is 0 Å². The summed E-state index contributed by atoms with van der Waals surface area (Å²) in [4.78, 5) is 23.7. The molecule has 2 saturated carbocycles. The van der Waals surface area contributed by atoms with Gasteiger partial charge in [-0.3, -0.25) is 0 Å².